The Balaban J connectivity index is 0.000000169. The summed E-state index contributed by atoms with van der Waals surface area (Å²) in [5, 5.41) is 0.257. The van der Waals surface area contributed by atoms with Crippen LogP contribution in [0.15, 0.2) is 23.1 Å². The number of amides is 2. The highest BCUT2D eigenvalue weighted by molar-refractivity contribution is 9.10. The Morgan fingerprint density at radius 3 is 1.39 bits per heavy atom. The number of fused-ring (bicyclic) bond motifs is 4. The number of carbonyl (C=O) groups is 4. The monoisotopic (exact) mass is 1620 g/mol. The van der Waals surface area contributed by atoms with Crippen LogP contribution in [0.25, 0.3) is 11.4 Å². The molecule has 0 radical (unpaired) electrons. The molecule has 0 aliphatic carbocycles. The minimum Gasteiger partial charge on any atom is -0.467 e. The van der Waals surface area contributed by atoms with Gasteiger partial charge in [-0.2, -0.15) is 29.9 Å². The predicted octanol–water partition coefficient (Wildman–Crippen LogP) is 10.1. The van der Waals surface area contributed by atoms with Gasteiger partial charge in [-0.15, -0.1) is 4.90 Å². The fraction of sp³-hybridized carbons (Fsp3) is 0.672. The van der Waals surface area contributed by atoms with Crippen molar-refractivity contribution in [3.8, 4) is 11.4 Å². The highest BCUT2D eigenvalue weighted by Gasteiger charge is 2.54. The van der Waals surface area contributed by atoms with Crippen LogP contribution in [-0.4, -0.2) is 234 Å². The SMILES string of the molecule is CC(C)(C)OC(=O)B(C(=O)OC(C)(C)C)c1ncc(B2OC(C)(C)C(C)(C)O2)c(C(F)F)n1.CC(C)(C)OC(=O)N(C(=O)OC(C)(C)C)c1ncc(Br)c(C(F)F)n1.Clc1nc(N2CCOCC2)nc(N2C3CCC2COC3)n1.Nc1ncc(-c2nc(N3CCOCC3)nc(N3C4CCC3COC4)n2)c(C(F)F)n1. The van der Waals surface area contributed by atoms with Crippen molar-refractivity contribution >= 4 is 112 Å². The molecule has 7 aliphatic heterocycles. The second-order valence-corrected chi connectivity index (χ2v) is 32.3. The number of alkyl halides is 6. The van der Waals surface area contributed by atoms with Crippen molar-refractivity contribution in [2.24, 2.45) is 0 Å². The van der Waals surface area contributed by atoms with E-state index in [1.165, 1.54) is 6.20 Å². The summed E-state index contributed by atoms with van der Waals surface area (Å²) in [5.74, 6) is -0.435. The lowest BCUT2D eigenvalue weighted by Gasteiger charge is -2.35. The molecule has 7 saturated heterocycles. The fourth-order valence-corrected chi connectivity index (χ4v) is 12.4. The average Bonchev–Trinajstić information content (AvgIpc) is 1.64. The van der Waals surface area contributed by atoms with Gasteiger partial charge in [-0.3, -0.25) is 14.6 Å². The van der Waals surface area contributed by atoms with E-state index in [1.54, 1.807) is 111 Å². The van der Waals surface area contributed by atoms with Gasteiger partial charge in [0.25, 0.3) is 31.0 Å². The van der Waals surface area contributed by atoms with Crippen molar-refractivity contribution in [3.63, 3.8) is 0 Å². The molecule has 0 aromatic carbocycles. The van der Waals surface area contributed by atoms with Crippen molar-refractivity contribution in [2.45, 2.75) is 214 Å². The van der Waals surface area contributed by atoms with Gasteiger partial charge in [0, 0.05) is 50.2 Å². The number of ether oxygens (including phenoxy) is 8. The normalized spacial score (nSPS) is 20.3. The smallest absolute Gasteiger partial charge is 0.467 e. The molecule has 4 unspecified atom stereocenters. The largest absolute Gasteiger partial charge is 0.498 e. The Morgan fingerprint density at radius 2 is 0.954 bits per heavy atom. The topological polar surface area (TPSA) is 357 Å². The first-order valence-electron chi connectivity index (χ1n) is 35.4. The second kappa shape index (κ2) is 34.8. The van der Waals surface area contributed by atoms with E-state index in [4.69, 9.17) is 69.5 Å². The van der Waals surface area contributed by atoms with Gasteiger partial charge in [0.2, 0.25) is 41.0 Å². The Kier molecular flexibility index (Phi) is 27.2. The molecule has 5 aromatic rings. The molecule has 0 saturated carbocycles. The number of morpholine rings is 4. The maximum absolute atomic E-state index is 14.0. The molecule has 4 bridgehead atoms. The van der Waals surface area contributed by atoms with E-state index >= 15 is 0 Å². The van der Waals surface area contributed by atoms with Crippen LogP contribution in [0.5, 0.6) is 0 Å². The first-order chi connectivity index (χ1) is 50.9. The van der Waals surface area contributed by atoms with Gasteiger partial charge in [-0.05, 0) is 164 Å². The van der Waals surface area contributed by atoms with E-state index < -0.39 is 119 Å². The number of anilines is 6. The van der Waals surface area contributed by atoms with Crippen LogP contribution in [0, 0.1) is 0 Å². The van der Waals surface area contributed by atoms with Crippen LogP contribution < -0.4 is 41.4 Å². The quantitative estimate of drug-likeness (QED) is 0.0650. The molecule has 12 heterocycles. The van der Waals surface area contributed by atoms with Gasteiger partial charge in [0.05, 0.1) is 98.3 Å². The lowest BCUT2D eigenvalue weighted by molar-refractivity contribution is 0.00578. The fourth-order valence-electron chi connectivity index (χ4n) is 11.9. The van der Waals surface area contributed by atoms with E-state index in [9.17, 15) is 45.5 Å². The predicted molar refractivity (Wildman–Crippen MR) is 392 cm³/mol. The summed E-state index contributed by atoms with van der Waals surface area (Å²) in [6.45, 7) is 32.6. The van der Waals surface area contributed by atoms with Crippen LogP contribution in [0.2, 0.25) is 5.28 Å². The molecule has 42 heteroatoms. The molecule has 4 atom stereocenters. The minimum absolute atomic E-state index is 0.0537. The number of imide groups is 1. The molecule has 2 amide bonds. The van der Waals surface area contributed by atoms with E-state index in [2.05, 4.69) is 85.5 Å². The van der Waals surface area contributed by atoms with Gasteiger partial charge < -0.3 is 72.5 Å². The van der Waals surface area contributed by atoms with Gasteiger partial charge >= 0.3 is 26.0 Å². The number of nitrogens with two attached hydrogens (primary N) is 1. The van der Waals surface area contributed by atoms with E-state index in [1.807, 2.05) is 4.90 Å². The summed E-state index contributed by atoms with van der Waals surface area (Å²) in [6.07, 6.45) is -3.52. The molecular formula is C67H92B2BrClF6N18O14. The zero-order valence-corrected chi connectivity index (χ0v) is 66.0. The molecule has 7 aliphatic rings. The molecule has 2 N–H and O–H groups in total. The molecule has 32 nitrogen and oxygen atoms in total. The standard InChI is InChI=1S/C21H32B2F2N2O6.C18H22F2N8O2.C15H20BrF2N3O4.C13H18ClN5O2/c1-18(2,3)30-16(28)22(17(29)31-19(4,5)6)15-26-11-12(13(27-15)14(24)25)23-32-20(7,8)21(9,10)33-23;19-14(20)13-12(7-22-16(21)23-13)15-24-17(27-3-5-29-6-4-27)26-18(25-15)28-10-1-2-11(28)9-30-8-10;1-14(2,3)24-12(22)21(13(23)25-15(4,5)6)11-19-7-8(16)9(20-11)10(17)18;14-11-15-12(18-3-5-20-6-4-18)17-13(16-11)19-9-1-2-10(19)8-21-7-9/h11,14H,1-10H3;7,10-11,14H,1-6,8-9H2,(H2,21,22,23);7,10H,1-6H3;9-10H,1-8H2. The van der Waals surface area contributed by atoms with Crippen LogP contribution >= 0.6 is 27.5 Å². The third kappa shape index (κ3) is 22.3. The summed E-state index contributed by atoms with van der Waals surface area (Å²) >= 11 is 9.02. The third-order valence-corrected chi connectivity index (χ3v) is 18.2. The zero-order valence-electron chi connectivity index (χ0n) is 63.7. The zero-order chi connectivity index (χ0) is 80.0. The Labute approximate surface area is 641 Å². The maximum Gasteiger partial charge on any atom is 0.498 e. The Hall–Kier alpha value is -7.82. The maximum atomic E-state index is 14.0. The summed E-state index contributed by atoms with van der Waals surface area (Å²) in [5.41, 5.74) is -2.09. The van der Waals surface area contributed by atoms with Crippen molar-refractivity contribution in [1.29, 1.82) is 0 Å². The van der Waals surface area contributed by atoms with E-state index in [0.717, 1.165) is 64.4 Å². The second-order valence-electron chi connectivity index (χ2n) is 31.1. The molecular weight excluding hydrogens is 1530 g/mol. The molecule has 109 heavy (non-hydrogen) atoms. The molecule has 12 rings (SSSR count). The number of aromatic nitrogens is 12. The number of rotatable bonds is 13. The Bertz CT molecular complexity index is 3930. The molecule has 596 valence electrons. The first-order valence-corrected chi connectivity index (χ1v) is 36.5. The first kappa shape index (κ1) is 85.2. The average molecular weight is 1620 g/mol. The summed E-state index contributed by atoms with van der Waals surface area (Å²) in [4.78, 5) is 109. The number of nitrogen functional groups attached to an aromatic ring is 1. The summed E-state index contributed by atoms with van der Waals surface area (Å²) < 4.78 is 136. The van der Waals surface area contributed by atoms with Crippen molar-refractivity contribution in [1.82, 2.24) is 59.8 Å². The number of carbonyl (C=O) groups excluding carboxylic acids is 4. The van der Waals surface area contributed by atoms with Gasteiger partial charge in [-0.1, -0.05) is 0 Å². The van der Waals surface area contributed by atoms with Gasteiger partial charge in [0.1, 0.15) is 45.2 Å². The van der Waals surface area contributed by atoms with Crippen LogP contribution in [0.1, 0.15) is 173 Å². The van der Waals surface area contributed by atoms with Crippen molar-refractivity contribution in [3.05, 3.63) is 45.4 Å². The minimum atomic E-state index is -3.04. The number of halogens is 8. The molecule has 7 fully saturated rings. The van der Waals surface area contributed by atoms with Crippen LogP contribution in [0.4, 0.5) is 81.2 Å². The van der Waals surface area contributed by atoms with E-state index in [-0.39, 0.29) is 44.6 Å². The molecule has 5 aromatic heterocycles. The highest BCUT2D eigenvalue weighted by Crippen LogP contribution is 2.39. The number of nitrogens with zero attached hydrogens (tertiary/aromatic N) is 17. The summed E-state index contributed by atoms with van der Waals surface area (Å²) in [6, 6.07) is 1.04. The third-order valence-electron chi connectivity index (χ3n) is 17.5. The van der Waals surface area contributed by atoms with E-state index in [0.29, 0.717) is 93.5 Å². The lowest BCUT2D eigenvalue weighted by atomic mass is 9.48. The van der Waals surface area contributed by atoms with Crippen molar-refractivity contribution in [2.75, 3.05) is 109 Å². The van der Waals surface area contributed by atoms with Gasteiger partial charge in [-0.25, -0.2) is 60.9 Å². The van der Waals surface area contributed by atoms with Crippen LogP contribution in [0.3, 0.4) is 0 Å². The molecule has 0 spiro atoms. The Morgan fingerprint density at radius 1 is 0.541 bits per heavy atom. The highest BCUT2D eigenvalue weighted by atomic mass is 79.9. The number of hydrogen-bond acceptors (Lipinski definition) is 31. The lowest BCUT2D eigenvalue weighted by Crippen LogP contribution is -2.54. The number of hydrogen-bond donors (Lipinski definition) is 1. The van der Waals surface area contributed by atoms with Crippen LogP contribution in [-0.2, 0) is 47.2 Å². The summed E-state index contributed by atoms with van der Waals surface area (Å²) in [7, 11) is -1.14. The van der Waals surface area contributed by atoms with Crippen molar-refractivity contribution < 1.29 is 92.7 Å². The van der Waals surface area contributed by atoms with Gasteiger partial charge in [0.15, 0.2) is 5.82 Å².